The second-order valence-corrected chi connectivity index (χ2v) is 6.15. The van der Waals surface area contributed by atoms with Crippen molar-refractivity contribution in [1.82, 2.24) is 14.5 Å². The molecule has 0 bridgehead atoms. The molecule has 2 aromatic heterocycles. The Balaban J connectivity index is 1.75. The summed E-state index contributed by atoms with van der Waals surface area (Å²) >= 11 is 0. The number of hydrogen-bond acceptors (Lipinski definition) is 3. The number of benzene rings is 2. The molecule has 0 saturated heterocycles. The second-order valence-electron chi connectivity index (χ2n) is 6.15. The van der Waals surface area contributed by atoms with Crippen molar-refractivity contribution < 1.29 is 4.74 Å². The predicted octanol–water partition coefficient (Wildman–Crippen LogP) is 3.78. The fourth-order valence-electron chi connectivity index (χ4n) is 2.74. The Bertz CT molecular complexity index is 1250. The molecule has 0 aliphatic carbocycles. The molecule has 0 aliphatic heterocycles. The lowest BCUT2D eigenvalue weighted by molar-refractivity contribution is 0.415. The van der Waals surface area contributed by atoms with E-state index in [0.29, 0.717) is 11.5 Å². The average molecular weight is 363 g/mol. The first-order valence-corrected chi connectivity index (χ1v) is 8.79. The highest BCUT2D eigenvalue weighted by Gasteiger charge is 2.08. The van der Waals surface area contributed by atoms with E-state index in [0.717, 1.165) is 27.9 Å². The van der Waals surface area contributed by atoms with E-state index in [2.05, 4.69) is 33.6 Å². The summed E-state index contributed by atoms with van der Waals surface area (Å²) in [4.78, 5) is 9.16. The summed E-state index contributed by atoms with van der Waals surface area (Å²) in [6.45, 7) is 0. The highest BCUT2D eigenvalue weighted by Crippen LogP contribution is 2.16. The molecule has 0 spiro atoms. The lowest BCUT2D eigenvalue weighted by Crippen LogP contribution is -1.97. The molecule has 0 fully saturated rings. The van der Waals surface area contributed by atoms with Gasteiger partial charge >= 0.3 is 0 Å². The summed E-state index contributed by atoms with van der Waals surface area (Å²) in [5, 5.41) is 0.911. The third-order valence-electron chi connectivity index (χ3n) is 4.23. The largest absolute Gasteiger partial charge is 0.497 e. The van der Waals surface area contributed by atoms with Gasteiger partial charge < -0.3 is 9.30 Å². The van der Waals surface area contributed by atoms with E-state index < -0.39 is 0 Å². The number of hydrogen-bond donors (Lipinski definition) is 0. The second kappa shape index (κ2) is 7.70. The van der Waals surface area contributed by atoms with Crippen LogP contribution in [0.5, 0.6) is 5.75 Å². The summed E-state index contributed by atoms with van der Waals surface area (Å²) < 4.78 is 7.13. The van der Waals surface area contributed by atoms with Gasteiger partial charge in [-0.2, -0.15) is 0 Å². The van der Waals surface area contributed by atoms with Gasteiger partial charge in [0, 0.05) is 24.4 Å². The van der Waals surface area contributed by atoms with Crippen LogP contribution < -0.4 is 4.74 Å². The SMILES string of the molecule is COc1ccc(C#Cc2nc(C#Cc3ccccc3)nc3c2ccn3C)cc1. The zero-order valence-electron chi connectivity index (χ0n) is 15.6. The number of rotatable bonds is 1. The highest BCUT2D eigenvalue weighted by atomic mass is 16.5. The fourth-order valence-corrected chi connectivity index (χ4v) is 2.74. The first kappa shape index (κ1) is 17.4. The molecule has 4 rings (SSSR count). The number of ether oxygens (including phenoxy) is 1. The van der Waals surface area contributed by atoms with Crippen LogP contribution in [0.15, 0.2) is 66.9 Å². The third-order valence-corrected chi connectivity index (χ3v) is 4.23. The molecule has 0 aliphatic rings. The molecular formula is C24H17N3O. The number of nitrogens with zero attached hydrogens (tertiary/aromatic N) is 3. The standard InChI is InChI=1S/C24H17N3O/c1-27-17-16-21-22(14-10-19-8-12-20(28-2)13-9-19)25-23(26-24(21)27)15-11-18-6-4-3-5-7-18/h3-9,12-13,16-17H,1-2H3. The smallest absolute Gasteiger partial charge is 0.208 e. The normalized spacial score (nSPS) is 9.93. The van der Waals surface area contributed by atoms with Gasteiger partial charge in [0.1, 0.15) is 17.1 Å². The Hall–Kier alpha value is -4.02. The van der Waals surface area contributed by atoms with E-state index in [-0.39, 0.29) is 0 Å². The van der Waals surface area contributed by atoms with Crippen LogP contribution in [-0.2, 0) is 7.05 Å². The van der Waals surface area contributed by atoms with E-state index >= 15 is 0 Å². The van der Waals surface area contributed by atoms with Crippen molar-refractivity contribution in [2.24, 2.45) is 7.05 Å². The van der Waals surface area contributed by atoms with Gasteiger partial charge in [0.05, 0.1) is 12.5 Å². The van der Waals surface area contributed by atoms with Crippen LogP contribution in [-0.4, -0.2) is 21.6 Å². The quantitative estimate of drug-likeness (QED) is 0.483. The maximum atomic E-state index is 5.18. The summed E-state index contributed by atoms with van der Waals surface area (Å²) in [6.07, 6.45) is 1.95. The first-order valence-electron chi connectivity index (χ1n) is 8.79. The van der Waals surface area contributed by atoms with Crippen molar-refractivity contribution in [2.75, 3.05) is 7.11 Å². The van der Waals surface area contributed by atoms with Gasteiger partial charge in [-0.3, -0.25) is 0 Å². The molecule has 28 heavy (non-hydrogen) atoms. The van der Waals surface area contributed by atoms with E-state index in [1.54, 1.807) is 7.11 Å². The molecule has 2 heterocycles. The maximum absolute atomic E-state index is 5.18. The van der Waals surface area contributed by atoms with Crippen LogP contribution in [0, 0.1) is 23.7 Å². The van der Waals surface area contributed by atoms with Crippen molar-refractivity contribution in [3.63, 3.8) is 0 Å². The van der Waals surface area contributed by atoms with Gasteiger partial charge in [-0.05, 0) is 54.3 Å². The predicted molar refractivity (Wildman–Crippen MR) is 110 cm³/mol. The first-order chi connectivity index (χ1) is 13.7. The van der Waals surface area contributed by atoms with Gasteiger partial charge in [0.25, 0.3) is 0 Å². The molecule has 4 heteroatoms. The number of aromatic nitrogens is 3. The Morgan fingerprint density at radius 2 is 1.50 bits per heavy atom. The molecule has 2 aromatic carbocycles. The van der Waals surface area contributed by atoms with Crippen molar-refractivity contribution >= 4 is 11.0 Å². The Morgan fingerprint density at radius 3 is 2.25 bits per heavy atom. The van der Waals surface area contributed by atoms with E-state index in [9.17, 15) is 0 Å². The molecule has 134 valence electrons. The molecule has 0 unspecified atom stereocenters. The molecule has 0 radical (unpaired) electrons. The fraction of sp³-hybridized carbons (Fsp3) is 0.0833. The summed E-state index contributed by atoms with van der Waals surface area (Å²) in [5.74, 6) is 13.7. The Kier molecular flexibility index (Phi) is 4.78. The van der Waals surface area contributed by atoms with Crippen LogP contribution in [0.4, 0.5) is 0 Å². The van der Waals surface area contributed by atoms with E-state index in [1.807, 2.05) is 78.5 Å². The molecule has 0 N–H and O–H groups in total. The molecule has 4 nitrogen and oxygen atoms in total. The van der Waals surface area contributed by atoms with Gasteiger partial charge in [-0.15, -0.1) is 0 Å². The minimum Gasteiger partial charge on any atom is -0.497 e. The van der Waals surface area contributed by atoms with Crippen LogP contribution in [0.25, 0.3) is 11.0 Å². The minimum absolute atomic E-state index is 0.456. The Morgan fingerprint density at radius 1 is 0.786 bits per heavy atom. The molecule has 0 atom stereocenters. The van der Waals surface area contributed by atoms with Crippen molar-refractivity contribution in [2.45, 2.75) is 0 Å². The zero-order valence-corrected chi connectivity index (χ0v) is 15.6. The number of methoxy groups -OCH3 is 1. The third kappa shape index (κ3) is 3.72. The lowest BCUT2D eigenvalue weighted by atomic mass is 10.2. The average Bonchev–Trinajstić information content (AvgIpc) is 3.12. The molecular weight excluding hydrogens is 346 g/mol. The Labute approximate surface area is 163 Å². The number of fused-ring (bicyclic) bond motifs is 1. The van der Waals surface area contributed by atoms with Crippen LogP contribution >= 0.6 is 0 Å². The van der Waals surface area contributed by atoms with Crippen LogP contribution in [0.1, 0.15) is 22.6 Å². The van der Waals surface area contributed by atoms with Crippen molar-refractivity contribution in [3.8, 4) is 29.4 Å². The van der Waals surface area contributed by atoms with Gasteiger partial charge in [-0.1, -0.05) is 30.0 Å². The van der Waals surface area contributed by atoms with Gasteiger partial charge in [0.15, 0.2) is 0 Å². The van der Waals surface area contributed by atoms with Crippen LogP contribution in [0.3, 0.4) is 0 Å². The summed E-state index contributed by atoms with van der Waals surface area (Å²) in [6, 6.07) is 19.4. The molecule has 0 saturated carbocycles. The lowest BCUT2D eigenvalue weighted by Gasteiger charge is -1.99. The number of aryl methyl sites for hydroxylation is 1. The van der Waals surface area contributed by atoms with Gasteiger partial charge in [-0.25, -0.2) is 9.97 Å². The molecule has 0 amide bonds. The molecule has 4 aromatic rings. The van der Waals surface area contributed by atoms with E-state index in [1.165, 1.54) is 0 Å². The van der Waals surface area contributed by atoms with E-state index in [4.69, 9.17) is 4.74 Å². The summed E-state index contributed by atoms with van der Waals surface area (Å²) in [5.41, 5.74) is 3.29. The monoisotopic (exact) mass is 363 g/mol. The van der Waals surface area contributed by atoms with Crippen molar-refractivity contribution in [3.05, 3.63) is 89.5 Å². The van der Waals surface area contributed by atoms with Crippen LogP contribution in [0.2, 0.25) is 0 Å². The zero-order chi connectivity index (χ0) is 19.3. The van der Waals surface area contributed by atoms with Crippen molar-refractivity contribution in [1.29, 1.82) is 0 Å². The maximum Gasteiger partial charge on any atom is 0.208 e. The topological polar surface area (TPSA) is 39.9 Å². The summed E-state index contributed by atoms with van der Waals surface area (Å²) in [7, 11) is 3.59. The van der Waals surface area contributed by atoms with Gasteiger partial charge in [0.2, 0.25) is 5.82 Å². The minimum atomic E-state index is 0.456. The highest BCUT2D eigenvalue weighted by molar-refractivity contribution is 5.82.